The van der Waals surface area contributed by atoms with Crippen molar-refractivity contribution in [1.29, 1.82) is 0 Å². The quantitative estimate of drug-likeness (QED) is 0.0205. The number of likely N-dealkylation sites (N-methyl/N-ethyl adjacent to an activating group) is 1. The van der Waals surface area contributed by atoms with Crippen LogP contribution < -0.4 is 5.32 Å². The summed E-state index contributed by atoms with van der Waals surface area (Å²) >= 11 is 0. The van der Waals surface area contributed by atoms with Crippen LogP contribution in [0.15, 0.2) is 122 Å². The predicted molar refractivity (Wildman–Crippen MR) is 336 cm³/mol. The average Bonchev–Trinajstić information content (AvgIpc) is 3.41. The van der Waals surface area contributed by atoms with Crippen LogP contribution in [0.25, 0.3) is 0 Å². The van der Waals surface area contributed by atoms with E-state index in [4.69, 9.17) is 13.8 Å². The molecule has 0 saturated carbocycles. The smallest absolute Gasteiger partial charge is 0.456 e. The minimum atomic E-state index is -4.47. The first-order chi connectivity index (χ1) is 37.9. The maximum absolute atomic E-state index is 13.5. The SMILES string of the molecule is CC/C=C\C/C=C\C/C=C\C/C=C\C/C=C\CCCCCCCCCCCC(=O)OC(/C=C\CCCCCCCCCCC)C(COP(=O)(O)OCC[N+](C)(C)C)NC(=O)CCCCC/C=C/C/C=C/C/C=C/C/C=C/CC. The van der Waals surface area contributed by atoms with Gasteiger partial charge in [0, 0.05) is 12.8 Å². The molecule has 78 heavy (non-hydrogen) atoms. The van der Waals surface area contributed by atoms with Crippen molar-refractivity contribution in [3.63, 3.8) is 0 Å². The Labute approximate surface area is 480 Å². The number of unbranched alkanes of at least 4 members (excludes halogenated alkanes) is 21. The Kier molecular flexibility index (Phi) is 54.1. The molecule has 0 aromatic heterocycles. The third kappa shape index (κ3) is 57.1. The van der Waals surface area contributed by atoms with E-state index >= 15 is 0 Å². The van der Waals surface area contributed by atoms with Gasteiger partial charge in [-0.2, -0.15) is 0 Å². The monoisotopic (exact) mass is 1110 g/mol. The number of ether oxygens (including phenoxy) is 1. The van der Waals surface area contributed by atoms with Crippen LogP contribution in [0.1, 0.15) is 245 Å². The molecule has 1 amide bonds. The molecule has 10 heteroatoms. The lowest BCUT2D eigenvalue weighted by Crippen LogP contribution is -2.47. The van der Waals surface area contributed by atoms with E-state index < -0.39 is 20.0 Å². The Hall–Kier alpha value is -3.59. The number of nitrogens with zero attached hydrogens (tertiary/aromatic N) is 1. The highest BCUT2D eigenvalue weighted by molar-refractivity contribution is 7.47. The molecular weight excluding hydrogens is 988 g/mol. The molecule has 0 aliphatic carbocycles. The van der Waals surface area contributed by atoms with Crippen LogP contribution in [-0.2, 0) is 27.9 Å². The van der Waals surface area contributed by atoms with Gasteiger partial charge in [0.25, 0.3) is 0 Å². The Bertz CT molecular complexity index is 1750. The van der Waals surface area contributed by atoms with Crippen LogP contribution in [0.4, 0.5) is 0 Å². The molecule has 446 valence electrons. The van der Waals surface area contributed by atoms with Gasteiger partial charge in [0.15, 0.2) is 0 Å². The molecule has 0 saturated heterocycles. The first kappa shape index (κ1) is 74.4. The number of carbonyl (C=O) groups is 2. The van der Waals surface area contributed by atoms with E-state index in [0.29, 0.717) is 17.4 Å². The van der Waals surface area contributed by atoms with E-state index in [1.807, 2.05) is 33.3 Å². The lowest BCUT2D eigenvalue weighted by atomic mass is 10.1. The summed E-state index contributed by atoms with van der Waals surface area (Å²) in [5.74, 6) is -0.557. The number of hydrogen-bond acceptors (Lipinski definition) is 6. The van der Waals surface area contributed by atoms with Crippen LogP contribution in [-0.4, -0.2) is 74.3 Å². The van der Waals surface area contributed by atoms with Crippen LogP contribution in [0, 0.1) is 0 Å². The third-order valence-electron chi connectivity index (χ3n) is 13.1. The zero-order valence-electron chi connectivity index (χ0n) is 50.9. The summed E-state index contributed by atoms with van der Waals surface area (Å²) in [7, 11) is 1.45. The topological polar surface area (TPSA) is 111 Å². The minimum Gasteiger partial charge on any atom is -0.456 e. The molecular formula is C68H118N2O7P+. The molecule has 0 aromatic carbocycles. The highest BCUT2D eigenvalue weighted by Gasteiger charge is 2.30. The molecule has 9 nitrogen and oxygen atoms in total. The van der Waals surface area contributed by atoms with Crippen LogP contribution in [0.2, 0.25) is 0 Å². The zero-order chi connectivity index (χ0) is 57.2. The van der Waals surface area contributed by atoms with Gasteiger partial charge in [0.2, 0.25) is 5.91 Å². The molecule has 3 unspecified atom stereocenters. The first-order valence-corrected chi connectivity index (χ1v) is 32.9. The standard InChI is InChI=1S/C68H117N2O7P/c1-7-10-13-16-19-22-25-27-29-31-32-33-34-35-36-37-38-39-41-43-46-49-52-55-58-61-68(72)77-66(59-56-53-50-47-44-24-21-18-15-12-9-3)65(64-76-78(73,74)75-63-62-70(4,5)6)69-67(71)60-57-54-51-48-45-42-40-30-28-26-23-20-17-14-11-8-2/h10-11,13-14,19-20,22-23,27-30,32-33,35-36,42,45,56,59,65-66H,7-9,12,15-18,21,24-26,31,34,37-41,43-44,46-55,57-58,60-64H2,1-6H3,(H-,69,71,73,74)/p+1/b13-10-,14-11+,22-19-,23-20+,29-27-,30-28+,33-32-,36-35-,45-42+,59-56-. The Morgan fingerprint density at radius 1 is 0.462 bits per heavy atom. The maximum atomic E-state index is 13.5. The van der Waals surface area contributed by atoms with Gasteiger partial charge in [-0.05, 0) is 115 Å². The maximum Gasteiger partial charge on any atom is 0.472 e. The summed E-state index contributed by atoms with van der Waals surface area (Å²) < 4.78 is 30.7. The van der Waals surface area contributed by atoms with E-state index in [-0.39, 0.29) is 37.9 Å². The van der Waals surface area contributed by atoms with Gasteiger partial charge in [-0.15, -0.1) is 0 Å². The third-order valence-corrected chi connectivity index (χ3v) is 14.1. The summed E-state index contributed by atoms with van der Waals surface area (Å²) in [5.41, 5.74) is 0. The number of phosphoric acid groups is 1. The van der Waals surface area contributed by atoms with Gasteiger partial charge in [-0.1, -0.05) is 239 Å². The van der Waals surface area contributed by atoms with E-state index in [9.17, 15) is 19.0 Å². The molecule has 0 rings (SSSR count). The van der Waals surface area contributed by atoms with E-state index in [2.05, 4.69) is 135 Å². The van der Waals surface area contributed by atoms with Gasteiger partial charge in [-0.25, -0.2) is 4.57 Å². The van der Waals surface area contributed by atoms with Gasteiger partial charge in [-0.3, -0.25) is 18.6 Å². The highest BCUT2D eigenvalue weighted by atomic mass is 31.2. The molecule has 0 aromatic rings. The number of rotatable bonds is 55. The summed E-state index contributed by atoms with van der Waals surface area (Å²) in [6, 6.07) is -0.875. The van der Waals surface area contributed by atoms with Crippen molar-refractivity contribution >= 4 is 19.7 Å². The van der Waals surface area contributed by atoms with Crippen molar-refractivity contribution < 1.29 is 37.3 Å². The van der Waals surface area contributed by atoms with Crippen LogP contribution in [0.5, 0.6) is 0 Å². The number of amides is 1. The predicted octanol–water partition coefficient (Wildman–Crippen LogP) is 19.5. The lowest BCUT2D eigenvalue weighted by molar-refractivity contribution is -0.870. The molecule has 3 atom stereocenters. The van der Waals surface area contributed by atoms with Crippen LogP contribution >= 0.6 is 7.82 Å². The number of phosphoric ester groups is 1. The van der Waals surface area contributed by atoms with Crippen molar-refractivity contribution in [2.45, 2.75) is 258 Å². The second-order valence-electron chi connectivity index (χ2n) is 21.8. The average molecular weight is 1110 g/mol. The minimum absolute atomic E-state index is 0.0265. The molecule has 0 aliphatic heterocycles. The first-order valence-electron chi connectivity index (χ1n) is 31.4. The Morgan fingerprint density at radius 2 is 0.821 bits per heavy atom. The molecule has 0 spiro atoms. The molecule has 2 N–H and O–H groups in total. The number of quaternary nitrogens is 1. The van der Waals surface area contributed by atoms with E-state index in [1.165, 1.54) is 77.0 Å². The van der Waals surface area contributed by atoms with Crippen molar-refractivity contribution in [3.8, 4) is 0 Å². The number of hydrogen-bond donors (Lipinski definition) is 2. The Balaban J connectivity index is 5.20. The largest absolute Gasteiger partial charge is 0.472 e. The molecule has 0 aliphatic rings. The van der Waals surface area contributed by atoms with Gasteiger partial charge < -0.3 is 19.4 Å². The summed E-state index contributed by atoms with van der Waals surface area (Å²) in [5, 5.41) is 3.03. The summed E-state index contributed by atoms with van der Waals surface area (Å²) in [6.07, 6.45) is 79.2. The van der Waals surface area contributed by atoms with Crippen molar-refractivity contribution in [2.75, 3.05) is 40.9 Å². The van der Waals surface area contributed by atoms with Gasteiger partial charge in [0.05, 0.1) is 33.8 Å². The van der Waals surface area contributed by atoms with Crippen molar-refractivity contribution in [1.82, 2.24) is 5.32 Å². The fourth-order valence-electron chi connectivity index (χ4n) is 8.37. The second kappa shape index (κ2) is 56.7. The highest BCUT2D eigenvalue weighted by Crippen LogP contribution is 2.43. The Morgan fingerprint density at radius 3 is 1.24 bits per heavy atom. The zero-order valence-corrected chi connectivity index (χ0v) is 51.8. The molecule has 0 bridgehead atoms. The summed E-state index contributed by atoms with van der Waals surface area (Å²) in [6.45, 7) is 6.73. The normalized spacial score (nSPS) is 14.5. The number of allylic oxidation sites excluding steroid dienone is 19. The fourth-order valence-corrected chi connectivity index (χ4v) is 9.10. The van der Waals surface area contributed by atoms with Crippen LogP contribution in [0.3, 0.4) is 0 Å². The van der Waals surface area contributed by atoms with E-state index in [1.54, 1.807) is 0 Å². The summed E-state index contributed by atoms with van der Waals surface area (Å²) in [4.78, 5) is 37.7. The van der Waals surface area contributed by atoms with Crippen molar-refractivity contribution in [2.24, 2.45) is 0 Å². The molecule has 0 heterocycles. The van der Waals surface area contributed by atoms with Crippen molar-refractivity contribution in [3.05, 3.63) is 122 Å². The molecule has 0 fully saturated rings. The second-order valence-corrected chi connectivity index (χ2v) is 23.3. The fraction of sp³-hybridized carbons (Fsp3) is 0.676. The van der Waals surface area contributed by atoms with Gasteiger partial charge >= 0.3 is 13.8 Å². The number of esters is 1. The van der Waals surface area contributed by atoms with E-state index in [0.717, 1.165) is 128 Å². The lowest BCUT2D eigenvalue weighted by Gasteiger charge is -2.27. The number of nitrogens with one attached hydrogen (secondary N) is 1. The van der Waals surface area contributed by atoms with Gasteiger partial charge in [0.1, 0.15) is 19.3 Å². The molecule has 0 radical (unpaired) electrons. The number of carbonyl (C=O) groups excluding carboxylic acids is 2.